The van der Waals surface area contributed by atoms with Crippen LogP contribution in [0.3, 0.4) is 0 Å². The van der Waals surface area contributed by atoms with Crippen LogP contribution in [0.2, 0.25) is 0 Å². The molecule has 0 aliphatic rings. The second-order valence-corrected chi connectivity index (χ2v) is 4.73. The molecule has 0 aromatic carbocycles. The minimum Gasteiger partial charge on any atom is -0.374 e. The molecular weight excluding hydrogens is 220 g/mol. The summed E-state index contributed by atoms with van der Waals surface area (Å²) in [5, 5.41) is 6.63. The summed E-state index contributed by atoms with van der Waals surface area (Å²) in [4.78, 5) is 4.51. The average molecular weight is 242 g/mol. The minimum atomic E-state index is 0.647. The van der Waals surface area contributed by atoms with Crippen molar-refractivity contribution in [1.82, 2.24) is 10.3 Å². The fourth-order valence-corrected chi connectivity index (χ4v) is 2.25. The number of nitrogens with zero attached hydrogens (tertiary/aromatic N) is 1. The summed E-state index contributed by atoms with van der Waals surface area (Å²) < 4.78 is 5.54. The van der Waals surface area contributed by atoms with Gasteiger partial charge in [-0.2, -0.15) is 0 Å². The van der Waals surface area contributed by atoms with Crippen molar-refractivity contribution in [3.05, 3.63) is 16.1 Å². The highest BCUT2D eigenvalue weighted by Crippen LogP contribution is 2.12. The molecule has 1 aromatic heterocycles. The molecule has 0 aliphatic heterocycles. The van der Waals surface area contributed by atoms with Gasteiger partial charge in [-0.05, 0) is 25.8 Å². The van der Waals surface area contributed by atoms with Crippen molar-refractivity contribution in [2.75, 3.05) is 19.7 Å². The average Bonchev–Trinajstić information content (AvgIpc) is 2.72. The second kappa shape index (κ2) is 8.67. The summed E-state index contributed by atoms with van der Waals surface area (Å²) in [6.07, 6.45) is 3.42. The maximum Gasteiger partial charge on any atom is 0.0929 e. The number of rotatable bonds is 9. The maximum atomic E-state index is 5.54. The Morgan fingerprint density at radius 3 is 2.94 bits per heavy atom. The summed E-state index contributed by atoms with van der Waals surface area (Å²) in [5.74, 6) is 0. The van der Waals surface area contributed by atoms with Crippen LogP contribution in [-0.2, 0) is 17.8 Å². The van der Waals surface area contributed by atoms with Gasteiger partial charge in [0.15, 0.2) is 0 Å². The summed E-state index contributed by atoms with van der Waals surface area (Å²) in [6.45, 7) is 7.75. The number of thiazole rings is 1. The zero-order valence-corrected chi connectivity index (χ0v) is 11.1. The van der Waals surface area contributed by atoms with E-state index in [1.165, 1.54) is 11.4 Å². The molecule has 1 N–H and O–H groups in total. The van der Waals surface area contributed by atoms with Crippen molar-refractivity contribution in [2.45, 2.75) is 39.7 Å². The van der Waals surface area contributed by atoms with Gasteiger partial charge >= 0.3 is 0 Å². The second-order valence-electron chi connectivity index (χ2n) is 3.79. The lowest BCUT2D eigenvalue weighted by molar-refractivity contribution is 0.120. The number of nitrogens with one attached hydrogen (secondary N) is 1. The first-order valence-corrected chi connectivity index (χ1v) is 6.96. The van der Waals surface area contributed by atoms with Gasteiger partial charge in [0.05, 0.1) is 23.9 Å². The fourth-order valence-electron chi connectivity index (χ4n) is 1.37. The van der Waals surface area contributed by atoms with E-state index < -0.39 is 0 Å². The van der Waals surface area contributed by atoms with E-state index in [1.807, 2.05) is 0 Å². The zero-order valence-electron chi connectivity index (χ0n) is 10.3. The van der Waals surface area contributed by atoms with E-state index in [1.54, 1.807) is 11.3 Å². The quantitative estimate of drug-likeness (QED) is 0.676. The summed E-state index contributed by atoms with van der Waals surface area (Å²) in [6, 6.07) is 0. The van der Waals surface area contributed by atoms with Crippen molar-refractivity contribution >= 4 is 11.3 Å². The van der Waals surface area contributed by atoms with Crippen LogP contribution in [0.25, 0.3) is 0 Å². The normalized spacial score (nSPS) is 10.9. The topological polar surface area (TPSA) is 34.1 Å². The molecular formula is C12H22N2OS. The Labute approximate surface area is 102 Å². The van der Waals surface area contributed by atoms with Gasteiger partial charge in [-0.25, -0.2) is 4.98 Å². The van der Waals surface area contributed by atoms with E-state index >= 15 is 0 Å². The fraction of sp³-hybridized carbons (Fsp3) is 0.750. The number of hydrogen-bond donors (Lipinski definition) is 1. The van der Waals surface area contributed by atoms with Crippen molar-refractivity contribution in [2.24, 2.45) is 0 Å². The molecule has 1 heterocycles. The maximum absolute atomic E-state index is 5.54. The third-order valence-electron chi connectivity index (χ3n) is 2.16. The molecule has 0 fully saturated rings. The van der Waals surface area contributed by atoms with Gasteiger partial charge in [-0.3, -0.25) is 0 Å². The van der Waals surface area contributed by atoms with Crippen LogP contribution in [0.1, 0.15) is 37.4 Å². The first-order chi connectivity index (χ1) is 7.86. The Kier molecular flexibility index (Phi) is 7.38. The summed E-state index contributed by atoms with van der Waals surface area (Å²) >= 11 is 1.74. The number of ether oxygens (including phenoxy) is 1. The van der Waals surface area contributed by atoms with Crippen LogP contribution in [0, 0.1) is 0 Å². The largest absolute Gasteiger partial charge is 0.374 e. The Bertz CT molecular complexity index is 276. The molecule has 0 spiro atoms. The molecule has 0 bridgehead atoms. The monoisotopic (exact) mass is 242 g/mol. The van der Waals surface area contributed by atoms with E-state index in [0.29, 0.717) is 6.61 Å². The number of aromatic nitrogens is 1. The molecule has 92 valence electrons. The molecule has 16 heavy (non-hydrogen) atoms. The molecule has 1 rings (SSSR count). The van der Waals surface area contributed by atoms with E-state index in [-0.39, 0.29) is 0 Å². The van der Waals surface area contributed by atoms with Gasteiger partial charge in [-0.1, -0.05) is 13.8 Å². The first kappa shape index (κ1) is 13.6. The molecule has 0 unspecified atom stereocenters. The highest BCUT2D eigenvalue weighted by molar-refractivity contribution is 7.09. The number of hydrogen-bond acceptors (Lipinski definition) is 4. The van der Waals surface area contributed by atoms with Crippen molar-refractivity contribution in [1.29, 1.82) is 0 Å². The Hall–Kier alpha value is -0.450. The molecule has 4 heteroatoms. The standard InChI is InChI=1S/C12H22N2OS/c1-3-5-12-14-11(10-16-12)9-15-8-7-13-6-4-2/h10,13H,3-9H2,1-2H3. The molecule has 0 radical (unpaired) electrons. The van der Waals surface area contributed by atoms with Crippen LogP contribution in [-0.4, -0.2) is 24.7 Å². The Morgan fingerprint density at radius 2 is 2.19 bits per heavy atom. The van der Waals surface area contributed by atoms with Gasteiger partial charge in [-0.15, -0.1) is 11.3 Å². The predicted molar refractivity (Wildman–Crippen MR) is 68.9 cm³/mol. The Morgan fingerprint density at radius 1 is 1.31 bits per heavy atom. The SMILES string of the molecule is CCCNCCOCc1csc(CCC)n1. The highest BCUT2D eigenvalue weighted by atomic mass is 32.1. The highest BCUT2D eigenvalue weighted by Gasteiger charge is 2.00. The van der Waals surface area contributed by atoms with Crippen LogP contribution in [0.15, 0.2) is 5.38 Å². The van der Waals surface area contributed by atoms with Crippen molar-refractivity contribution < 1.29 is 4.74 Å². The lowest BCUT2D eigenvalue weighted by atomic mass is 10.3. The molecule has 0 amide bonds. The molecule has 3 nitrogen and oxygen atoms in total. The predicted octanol–water partition coefficient (Wildman–Crippen LogP) is 2.61. The van der Waals surface area contributed by atoms with E-state index in [9.17, 15) is 0 Å². The lowest BCUT2D eigenvalue weighted by Gasteiger charge is -2.03. The van der Waals surface area contributed by atoms with Gasteiger partial charge in [0.25, 0.3) is 0 Å². The minimum absolute atomic E-state index is 0.647. The van der Waals surface area contributed by atoms with E-state index in [0.717, 1.165) is 38.2 Å². The molecule has 0 saturated heterocycles. The summed E-state index contributed by atoms with van der Waals surface area (Å²) in [5.41, 5.74) is 1.07. The van der Waals surface area contributed by atoms with E-state index in [2.05, 4.69) is 29.5 Å². The third-order valence-corrected chi connectivity index (χ3v) is 3.12. The Balaban J connectivity index is 2.07. The zero-order chi connectivity index (χ0) is 11.6. The van der Waals surface area contributed by atoms with Crippen molar-refractivity contribution in [3.8, 4) is 0 Å². The molecule has 0 saturated carbocycles. The molecule has 0 aliphatic carbocycles. The first-order valence-electron chi connectivity index (χ1n) is 6.08. The molecule has 1 aromatic rings. The summed E-state index contributed by atoms with van der Waals surface area (Å²) in [7, 11) is 0. The van der Waals surface area contributed by atoms with Gasteiger partial charge in [0, 0.05) is 11.9 Å². The number of aryl methyl sites for hydroxylation is 1. The van der Waals surface area contributed by atoms with Crippen LogP contribution in [0.5, 0.6) is 0 Å². The van der Waals surface area contributed by atoms with Crippen LogP contribution in [0.4, 0.5) is 0 Å². The van der Waals surface area contributed by atoms with E-state index in [4.69, 9.17) is 4.74 Å². The van der Waals surface area contributed by atoms with Crippen LogP contribution >= 0.6 is 11.3 Å². The smallest absolute Gasteiger partial charge is 0.0929 e. The van der Waals surface area contributed by atoms with Gasteiger partial charge in [0.2, 0.25) is 0 Å². The van der Waals surface area contributed by atoms with Crippen LogP contribution < -0.4 is 5.32 Å². The van der Waals surface area contributed by atoms with Crippen molar-refractivity contribution in [3.63, 3.8) is 0 Å². The lowest BCUT2D eigenvalue weighted by Crippen LogP contribution is -2.20. The third kappa shape index (κ3) is 5.58. The van der Waals surface area contributed by atoms with Gasteiger partial charge < -0.3 is 10.1 Å². The molecule has 0 atom stereocenters. The van der Waals surface area contributed by atoms with Gasteiger partial charge in [0.1, 0.15) is 0 Å².